The molecule has 0 atom stereocenters. The van der Waals surface area contributed by atoms with E-state index in [0.29, 0.717) is 32.7 Å². The molecule has 1 aliphatic heterocycles. The number of nitrogens with one attached hydrogen (secondary N) is 2. The average molecular weight is 350 g/mol. The molecule has 8 heteroatoms. The monoisotopic (exact) mass is 350 g/mol. The number of aromatic amines is 1. The highest BCUT2D eigenvalue weighted by Gasteiger charge is 2.25. The van der Waals surface area contributed by atoms with Gasteiger partial charge in [-0.05, 0) is 18.1 Å². The molecule has 0 unspecified atom stereocenters. The molecule has 1 fully saturated rings. The van der Waals surface area contributed by atoms with Crippen molar-refractivity contribution < 1.29 is 13.2 Å². The average Bonchev–Trinajstić information content (AvgIpc) is 2.97. The minimum Gasteiger partial charge on any atom is -0.361 e. The lowest BCUT2D eigenvalue weighted by Crippen LogP contribution is -2.53. The quantitative estimate of drug-likeness (QED) is 0.862. The summed E-state index contributed by atoms with van der Waals surface area (Å²) in [7, 11) is -3.17. The molecule has 2 N–H and O–H groups in total. The van der Waals surface area contributed by atoms with E-state index in [1.54, 1.807) is 4.90 Å². The maximum Gasteiger partial charge on any atom is 0.317 e. The zero-order valence-electron chi connectivity index (χ0n) is 13.7. The van der Waals surface area contributed by atoms with Gasteiger partial charge < -0.3 is 15.2 Å². The van der Waals surface area contributed by atoms with E-state index in [9.17, 15) is 13.2 Å². The number of fused-ring (bicyclic) bond motifs is 1. The highest BCUT2D eigenvalue weighted by molar-refractivity contribution is 7.88. The molecule has 130 valence electrons. The maximum atomic E-state index is 12.2. The summed E-state index contributed by atoms with van der Waals surface area (Å²) in [4.78, 5) is 17.1. The molecule has 3 rings (SSSR count). The summed E-state index contributed by atoms with van der Waals surface area (Å²) >= 11 is 0. The second-order valence-corrected chi connectivity index (χ2v) is 7.97. The van der Waals surface area contributed by atoms with Crippen LogP contribution >= 0.6 is 0 Å². The fourth-order valence-electron chi connectivity index (χ4n) is 2.98. The van der Waals surface area contributed by atoms with Crippen LogP contribution in [0.25, 0.3) is 10.9 Å². The van der Waals surface area contributed by atoms with Gasteiger partial charge in [-0.3, -0.25) is 0 Å². The Morgan fingerprint density at radius 3 is 2.62 bits per heavy atom. The van der Waals surface area contributed by atoms with Crippen molar-refractivity contribution in [2.45, 2.75) is 6.42 Å². The molecule has 0 bridgehead atoms. The molecule has 1 aromatic carbocycles. The number of hydrogen-bond acceptors (Lipinski definition) is 3. The Kier molecular flexibility index (Phi) is 4.77. The van der Waals surface area contributed by atoms with Gasteiger partial charge in [0.1, 0.15) is 0 Å². The lowest BCUT2D eigenvalue weighted by atomic mass is 10.1. The van der Waals surface area contributed by atoms with E-state index < -0.39 is 10.0 Å². The standard InChI is InChI=1S/C16H22N4O3S/c1-24(22,23)20-10-8-19(9-11-20)16(21)17-7-6-13-12-18-15-5-3-2-4-14(13)15/h2-5,12,18H,6-11H2,1H3,(H,17,21). The summed E-state index contributed by atoms with van der Waals surface area (Å²) in [5.74, 6) is 0. The van der Waals surface area contributed by atoms with E-state index in [4.69, 9.17) is 0 Å². The van der Waals surface area contributed by atoms with E-state index in [0.717, 1.165) is 11.9 Å². The van der Waals surface area contributed by atoms with Crippen LogP contribution in [-0.4, -0.2) is 67.6 Å². The topological polar surface area (TPSA) is 85.5 Å². The number of para-hydroxylation sites is 1. The molecule has 24 heavy (non-hydrogen) atoms. The number of nitrogens with zero attached hydrogens (tertiary/aromatic N) is 2. The second kappa shape index (κ2) is 6.82. The van der Waals surface area contributed by atoms with Gasteiger partial charge in [0.05, 0.1) is 6.26 Å². The number of piperazine rings is 1. The zero-order chi connectivity index (χ0) is 17.2. The van der Waals surface area contributed by atoms with Gasteiger partial charge in [0.2, 0.25) is 10.0 Å². The van der Waals surface area contributed by atoms with Crippen molar-refractivity contribution >= 4 is 27.0 Å². The first-order valence-electron chi connectivity index (χ1n) is 7.98. The predicted octanol–water partition coefficient (Wildman–Crippen LogP) is 0.997. The number of benzene rings is 1. The van der Waals surface area contributed by atoms with E-state index in [1.165, 1.54) is 21.5 Å². The Bertz CT molecular complexity index is 823. The number of carbonyl (C=O) groups excluding carboxylic acids is 1. The lowest BCUT2D eigenvalue weighted by Gasteiger charge is -2.33. The van der Waals surface area contributed by atoms with Gasteiger partial charge in [-0.25, -0.2) is 13.2 Å². The molecule has 1 saturated heterocycles. The van der Waals surface area contributed by atoms with Crippen LogP contribution < -0.4 is 5.32 Å². The Labute approximate surface area is 141 Å². The van der Waals surface area contributed by atoms with Crippen molar-refractivity contribution in [2.24, 2.45) is 0 Å². The van der Waals surface area contributed by atoms with Crippen LogP contribution in [-0.2, 0) is 16.4 Å². The zero-order valence-corrected chi connectivity index (χ0v) is 14.5. The molecular weight excluding hydrogens is 328 g/mol. The third-order valence-corrected chi connectivity index (χ3v) is 5.64. The number of urea groups is 1. The van der Waals surface area contributed by atoms with Crippen molar-refractivity contribution in [1.82, 2.24) is 19.5 Å². The summed E-state index contributed by atoms with van der Waals surface area (Å²) in [5, 5.41) is 4.09. The molecular formula is C16H22N4O3S. The SMILES string of the molecule is CS(=O)(=O)N1CCN(C(=O)NCCc2c[nH]c3ccccc23)CC1. The van der Waals surface area contributed by atoms with E-state index in [1.807, 2.05) is 24.4 Å². The van der Waals surface area contributed by atoms with E-state index in [-0.39, 0.29) is 6.03 Å². The Morgan fingerprint density at radius 2 is 1.92 bits per heavy atom. The number of H-pyrrole nitrogens is 1. The molecule has 7 nitrogen and oxygen atoms in total. The van der Waals surface area contributed by atoms with Crippen LogP contribution in [0.5, 0.6) is 0 Å². The van der Waals surface area contributed by atoms with Crippen molar-refractivity contribution in [3.05, 3.63) is 36.0 Å². The van der Waals surface area contributed by atoms with Gasteiger partial charge in [-0.15, -0.1) is 0 Å². The predicted molar refractivity (Wildman–Crippen MR) is 93.4 cm³/mol. The van der Waals surface area contributed by atoms with Crippen LogP contribution in [0.15, 0.2) is 30.5 Å². The van der Waals surface area contributed by atoms with Crippen LogP contribution in [0.4, 0.5) is 4.79 Å². The number of amides is 2. The van der Waals surface area contributed by atoms with Gasteiger partial charge in [0.25, 0.3) is 0 Å². The first-order valence-corrected chi connectivity index (χ1v) is 9.83. The number of aromatic nitrogens is 1. The highest BCUT2D eigenvalue weighted by Crippen LogP contribution is 2.17. The fourth-order valence-corrected chi connectivity index (χ4v) is 3.80. The van der Waals surface area contributed by atoms with Gasteiger partial charge in [-0.2, -0.15) is 4.31 Å². The van der Waals surface area contributed by atoms with Crippen LogP contribution in [0.3, 0.4) is 0 Å². The van der Waals surface area contributed by atoms with Crippen molar-refractivity contribution in [2.75, 3.05) is 39.0 Å². The van der Waals surface area contributed by atoms with E-state index in [2.05, 4.69) is 16.4 Å². The van der Waals surface area contributed by atoms with Crippen LogP contribution in [0.2, 0.25) is 0 Å². The summed E-state index contributed by atoms with van der Waals surface area (Å²) in [5.41, 5.74) is 2.27. The fraction of sp³-hybridized carbons (Fsp3) is 0.438. The summed E-state index contributed by atoms with van der Waals surface area (Å²) in [6, 6.07) is 7.94. The van der Waals surface area contributed by atoms with Gasteiger partial charge in [-0.1, -0.05) is 18.2 Å². The number of rotatable bonds is 4. The normalized spacial score (nSPS) is 16.5. The van der Waals surface area contributed by atoms with Crippen molar-refractivity contribution in [3.63, 3.8) is 0 Å². The number of carbonyl (C=O) groups is 1. The lowest BCUT2D eigenvalue weighted by molar-refractivity contribution is 0.172. The minimum atomic E-state index is -3.17. The van der Waals surface area contributed by atoms with Gasteiger partial charge in [0, 0.05) is 49.8 Å². The molecule has 2 heterocycles. The number of hydrogen-bond donors (Lipinski definition) is 2. The Balaban J connectivity index is 1.48. The van der Waals surface area contributed by atoms with Crippen molar-refractivity contribution in [3.8, 4) is 0 Å². The van der Waals surface area contributed by atoms with Crippen molar-refractivity contribution in [1.29, 1.82) is 0 Å². The Hall–Kier alpha value is -2.06. The Morgan fingerprint density at radius 1 is 1.21 bits per heavy atom. The molecule has 1 aliphatic rings. The molecule has 0 spiro atoms. The summed E-state index contributed by atoms with van der Waals surface area (Å²) < 4.78 is 24.4. The smallest absolute Gasteiger partial charge is 0.317 e. The molecule has 2 aromatic rings. The third kappa shape index (κ3) is 3.70. The molecule has 1 aromatic heterocycles. The van der Waals surface area contributed by atoms with Gasteiger partial charge >= 0.3 is 6.03 Å². The summed E-state index contributed by atoms with van der Waals surface area (Å²) in [6.45, 7) is 2.11. The van der Waals surface area contributed by atoms with Gasteiger partial charge in [0.15, 0.2) is 0 Å². The first-order chi connectivity index (χ1) is 11.4. The minimum absolute atomic E-state index is 0.136. The highest BCUT2D eigenvalue weighted by atomic mass is 32.2. The maximum absolute atomic E-state index is 12.2. The van der Waals surface area contributed by atoms with Crippen LogP contribution in [0.1, 0.15) is 5.56 Å². The van der Waals surface area contributed by atoms with E-state index >= 15 is 0 Å². The molecule has 0 radical (unpaired) electrons. The number of sulfonamides is 1. The van der Waals surface area contributed by atoms with Crippen LogP contribution in [0, 0.1) is 0 Å². The largest absolute Gasteiger partial charge is 0.361 e. The first kappa shape index (κ1) is 16.8. The molecule has 0 saturated carbocycles. The molecule has 0 aliphatic carbocycles. The third-order valence-electron chi connectivity index (χ3n) is 4.34. The summed E-state index contributed by atoms with van der Waals surface area (Å²) in [6.07, 6.45) is 3.92. The second-order valence-electron chi connectivity index (χ2n) is 5.99. The molecule has 2 amide bonds.